The lowest BCUT2D eigenvalue weighted by Gasteiger charge is -2.23. The van der Waals surface area contributed by atoms with E-state index in [1.807, 2.05) is 45.0 Å². The van der Waals surface area contributed by atoms with Crippen LogP contribution in [-0.2, 0) is 4.79 Å². The second-order valence-corrected chi connectivity index (χ2v) is 6.92. The highest BCUT2D eigenvalue weighted by atomic mass is 35.5. The Labute approximate surface area is 171 Å². The molecule has 152 valence electrons. The van der Waals surface area contributed by atoms with Gasteiger partial charge < -0.3 is 19.5 Å². The van der Waals surface area contributed by atoms with E-state index < -0.39 is 6.10 Å². The van der Waals surface area contributed by atoms with Crippen LogP contribution < -0.4 is 19.5 Å². The molecule has 0 heterocycles. The molecule has 5 nitrogen and oxygen atoms in total. The summed E-state index contributed by atoms with van der Waals surface area (Å²) in [5, 5.41) is 3.75. The van der Waals surface area contributed by atoms with Crippen molar-refractivity contribution in [1.82, 2.24) is 5.32 Å². The van der Waals surface area contributed by atoms with Crippen molar-refractivity contribution < 1.29 is 19.0 Å². The van der Waals surface area contributed by atoms with Crippen molar-refractivity contribution in [3.05, 3.63) is 52.5 Å². The Morgan fingerprint density at radius 2 is 1.75 bits per heavy atom. The summed E-state index contributed by atoms with van der Waals surface area (Å²) >= 11 is 6.06. The first-order valence-electron chi connectivity index (χ1n) is 9.38. The van der Waals surface area contributed by atoms with Crippen LogP contribution in [0, 0.1) is 6.92 Å². The van der Waals surface area contributed by atoms with Crippen molar-refractivity contribution in [2.24, 2.45) is 0 Å². The lowest BCUT2D eigenvalue weighted by molar-refractivity contribution is -0.128. The molecule has 2 atom stereocenters. The summed E-state index contributed by atoms with van der Waals surface area (Å²) in [6.07, 6.45) is 0.697. The van der Waals surface area contributed by atoms with Crippen molar-refractivity contribution in [3.63, 3.8) is 0 Å². The molecule has 28 heavy (non-hydrogen) atoms. The average Bonchev–Trinajstić information content (AvgIpc) is 2.71. The molecule has 0 unspecified atom stereocenters. The summed E-state index contributed by atoms with van der Waals surface area (Å²) in [5.74, 6) is 1.76. The minimum atomic E-state index is -0.588. The molecule has 0 aromatic heterocycles. The number of rotatable bonds is 9. The first-order chi connectivity index (χ1) is 13.4. The van der Waals surface area contributed by atoms with E-state index in [2.05, 4.69) is 5.32 Å². The standard InChI is InChI=1S/C22H28ClNO4/c1-6-18(15-8-11-20(26-4)21(13-15)27-5)24-22(25)19(7-2)28-16-9-10-17(23)14(3)12-16/h8-13,18-19H,6-7H2,1-5H3,(H,24,25)/t18-,19+/m1/s1. The quantitative estimate of drug-likeness (QED) is 0.631. The molecular weight excluding hydrogens is 378 g/mol. The number of nitrogens with one attached hydrogen (secondary N) is 1. The molecule has 0 aliphatic carbocycles. The normalized spacial score (nSPS) is 12.8. The lowest BCUT2D eigenvalue weighted by Crippen LogP contribution is -2.40. The minimum Gasteiger partial charge on any atom is -0.493 e. The van der Waals surface area contributed by atoms with Gasteiger partial charge in [-0.15, -0.1) is 0 Å². The number of hydrogen-bond donors (Lipinski definition) is 1. The molecule has 0 saturated heterocycles. The zero-order valence-corrected chi connectivity index (χ0v) is 17.8. The molecule has 1 N–H and O–H groups in total. The Balaban J connectivity index is 2.13. The number of benzene rings is 2. The zero-order valence-electron chi connectivity index (χ0n) is 17.0. The van der Waals surface area contributed by atoms with Crippen LogP contribution in [0.15, 0.2) is 36.4 Å². The van der Waals surface area contributed by atoms with Crippen LogP contribution in [0.5, 0.6) is 17.2 Å². The van der Waals surface area contributed by atoms with Crippen molar-refractivity contribution in [3.8, 4) is 17.2 Å². The van der Waals surface area contributed by atoms with Gasteiger partial charge in [-0.2, -0.15) is 0 Å². The Hall–Kier alpha value is -2.40. The molecule has 2 aromatic carbocycles. The van der Waals surface area contributed by atoms with E-state index in [-0.39, 0.29) is 11.9 Å². The third-order valence-electron chi connectivity index (χ3n) is 4.61. The van der Waals surface area contributed by atoms with Crippen LogP contribution in [0.25, 0.3) is 0 Å². The van der Waals surface area contributed by atoms with Crippen LogP contribution >= 0.6 is 11.6 Å². The zero-order chi connectivity index (χ0) is 20.7. The number of amides is 1. The topological polar surface area (TPSA) is 56.8 Å². The number of halogens is 1. The molecule has 2 aromatic rings. The summed E-state index contributed by atoms with van der Waals surface area (Å²) in [6.45, 7) is 5.84. The summed E-state index contributed by atoms with van der Waals surface area (Å²) in [7, 11) is 3.19. The summed E-state index contributed by atoms with van der Waals surface area (Å²) in [4.78, 5) is 12.8. The first-order valence-corrected chi connectivity index (χ1v) is 9.76. The van der Waals surface area contributed by atoms with Crippen molar-refractivity contribution >= 4 is 17.5 Å². The molecule has 0 saturated carbocycles. The molecule has 0 radical (unpaired) electrons. The van der Waals surface area contributed by atoms with Gasteiger partial charge in [-0.3, -0.25) is 4.79 Å². The van der Waals surface area contributed by atoms with Crippen molar-refractivity contribution in [1.29, 1.82) is 0 Å². The summed E-state index contributed by atoms with van der Waals surface area (Å²) in [6, 6.07) is 10.9. The molecule has 0 aliphatic rings. The number of carbonyl (C=O) groups is 1. The van der Waals surface area contributed by atoms with Crippen molar-refractivity contribution in [2.45, 2.75) is 45.8 Å². The SMILES string of the molecule is CC[C@H](Oc1ccc(Cl)c(C)c1)C(=O)N[C@H](CC)c1ccc(OC)c(OC)c1. The van der Waals surface area contributed by atoms with Gasteiger partial charge >= 0.3 is 0 Å². The molecular formula is C22H28ClNO4. The molecule has 2 rings (SSSR count). The van der Waals surface area contributed by atoms with Crippen LogP contribution in [0.1, 0.15) is 43.9 Å². The highest BCUT2D eigenvalue weighted by Gasteiger charge is 2.23. The van der Waals surface area contributed by atoms with Crippen LogP contribution in [-0.4, -0.2) is 26.2 Å². The van der Waals surface area contributed by atoms with Crippen LogP contribution in [0.4, 0.5) is 0 Å². The smallest absolute Gasteiger partial charge is 0.261 e. The predicted molar refractivity (Wildman–Crippen MR) is 112 cm³/mol. The van der Waals surface area contributed by atoms with E-state index >= 15 is 0 Å². The largest absolute Gasteiger partial charge is 0.493 e. The van der Waals surface area contributed by atoms with Gasteiger partial charge in [0.05, 0.1) is 20.3 Å². The first kappa shape index (κ1) is 21.9. The van der Waals surface area contributed by atoms with Gasteiger partial charge in [0.15, 0.2) is 17.6 Å². The number of ether oxygens (including phenoxy) is 3. The number of carbonyl (C=O) groups excluding carboxylic acids is 1. The van der Waals surface area contributed by atoms with E-state index in [0.717, 1.165) is 17.5 Å². The molecule has 1 amide bonds. The average molecular weight is 406 g/mol. The maximum atomic E-state index is 12.8. The minimum absolute atomic E-state index is 0.156. The fourth-order valence-corrected chi connectivity index (χ4v) is 3.05. The van der Waals surface area contributed by atoms with E-state index in [9.17, 15) is 4.79 Å². The maximum Gasteiger partial charge on any atom is 0.261 e. The predicted octanol–water partition coefficient (Wildman–Crippen LogP) is 5.09. The third-order valence-corrected chi connectivity index (χ3v) is 5.03. The van der Waals surface area contributed by atoms with Gasteiger partial charge in [0.2, 0.25) is 0 Å². The van der Waals surface area contributed by atoms with E-state index in [4.69, 9.17) is 25.8 Å². The van der Waals surface area contributed by atoms with Crippen LogP contribution in [0.2, 0.25) is 5.02 Å². The molecule has 0 bridgehead atoms. The fraction of sp³-hybridized carbons (Fsp3) is 0.409. The Bertz CT molecular complexity index is 809. The van der Waals surface area contributed by atoms with Gasteiger partial charge in [-0.1, -0.05) is 31.5 Å². The Morgan fingerprint density at radius 3 is 2.32 bits per heavy atom. The summed E-state index contributed by atoms with van der Waals surface area (Å²) < 4.78 is 16.6. The second kappa shape index (κ2) is 10.2. The number of hydrogen-bond acceptors (Lipinski definition) is 4. The monoisotopic (exact) mass is 405 g/mol. The highest BCUT2D eigenvalue weighted by molar-refractivity contribution is 6.31. The second-order valence-electron chi connectivity index (χ2n) is 6.51. The van der Waals surface area contributed by atoms with Crippen molar-refractivity contribution in [2.75, 3.05) is 14.2 Å². The molecule has 0 spiro atoms. The maximum absolute atomic E-state index is 12.8. The van der Waals surface area contributed by atoms with E-state index in [1.54, 1.807) is 26.4 Å². The van der Waals surface area contributed by atoms with Gasteiger partial charge in [0, 0.05) is 5.02 Å². The third kappa shape index (κ3) is 5.32. The fourth-order valence-electron chi connectivity index (χ4n) is 2.93. The van der Waals surface area contributed by atoms with Gasteiger partial charge in [-0.25, -0.2) is 0 Å². The molecule has 0 aliphatic heterocycles. The van der Waals surface area contributed by atoms with Gasteiger partial charge in [0.1, 0.15) is 5.75 Å². The number of methoxy groups -OCH3 is 2. The summed E-state index contributed by atoms with van der Waals surface area (Å²) in [5.41, 5.74) is 1.86. The lowest BCUT2D eigenvalue weighted by atomic mass is 10.0. The van der Waals surface area contributed by atoms with E-state index in [1.165, 1.54) is 0 Å². The Kier molecular flexibility index (Phi) is 8.00. The van der Waals surface area contributed by atoms with Crippen LogP contribution in [0.3, 0.4) is 0 Å². The highest BCUT2D eigenvalue weighted by Crippen LogP contribution is 2.31. The van der Waals surface area contributed by atoms with Gasteiger partial charge in [0.25, 0.3) is 5.91 Å². The molecule has 6 heteroatoms. The number of aryl methyl sites for hydroxylation is 1. The van der Waals surface area contributed by atoms with E-state index in [0.29, 0.717) is 28.7 Å². The van der Waals surface area contributed by atoms with Gasteiger partial charge in [-0.05, 0) is 61.2 Å². The Morgan fingerprint density at radius 1 is 1.04 bits per heavy atom. The molecule has 0 fully saturated rings.